The Bertz CT molecular complexity index is 514. The molecule has 1 amide bonds. The Morgan fingerprint density at radius 3 is 2.52 bits per heavy atom. The Hall–Kier alpha value is -2.08. The van der Waals surface area contributed by atoms with E-state index in [0.29, 0.717) is 12.5 Å². The molecule has 116 valence electrons. The topological polar surface area (TPSA) is 113 Å². The van der Waals surface area contributed by atoms with Crippen molar-refractivity contribution in [1.29, 1.82) is 0 Å². The van der Waals surface area contributed by atoms with Gasteiger partial charge >= 0.3 is 5.97 Å². The number of benzene rings is 1. The number of hydrogen-bond acceptors (Lipinski definition) is 4. The number of carbonyl (C=O) groups excluding carboxylic acids is 1. The highest BCUT2D eigenvalue weighted by atomic mass is 16.4. The van der Waals surface area contributed by atoms with Crippen LogP contribution in [-0.2, 0) is 4.79 Å². The number of rotatable bonds is 7. The van der Waals surface area contributed by atoms with Gasteiger partial charge in [-0.1, -0.05) is 13.8 Å². The number of aromatic carboxylic acids is 1. The Kier molecular flexibility index (Phi) is 6.17. The highest BCUT2D eigenvalue weighted by Crippen LogP contribution is 2.22. The lowest BCUT2D eigenvalue weighted by Crippen LogP contribution is -2.24. The van der Waals surface area contributed by atoms with Crippen molar-refractivity contribution in [2.45, 2.75) is 26.7 Å². The van der Waals surface area contributed by atoms with Gasteiger partial charge in [0, 0.05) is 6.42 Å². The summed E-state index contributed by atoms with van der Waals surface area (Å²) in [5, 5.41) is 20.9. The maximum Gasteiger partial charge on any atom is 0.337 e. The van der Waals surface area contributed by atoms with Crippen LogP contribution in [0.5, 0.6) is 5.75 Å². The van der Waals surface area contributed by atoms with Crippen LogP contribution in [0.4, 0.5) is 5.69 Å². The van der Waals surface area contributed by atoms with Crippen molar-refractivity contribution in [3.63, 3.8) is 0 Å². The normalized spacial score (nSPS) is 12.2. The van der Waals surface area contributed by atoms with Gasteiger partial charge in [-0.2, -0.15) is 0 Å². The first-order valence-electron chi connectivity index (χ1n) is 6.89. The van der Waals surface area contributed by atoms with Crippen molar-refractivity contribution in [3.05, 3.63) is 23.8 Å². The van der Waals surface area contributed by atoms with Crippen LogP contribution < -0.4 is 11.1 Å². The van der Waals surface area contributed by atoms with Gasteiger partial charge in [0.2, 0.25) is 5.91 Å². The van der Waals surface area contributed by atoms with Gasteiger partial charge in [0.1, 0.15) is 5.75 Å². The standard InChI is InChI=1S/C15H22N2O4/c1-9(2)5-10(8-16)6-14(19)17-13-4-3-11(18)7-12(13)15(20)21/h3-4,7,9-10,18H,5-6,8,16H2,1-2H3,(H,17,19)(H,20,21)/t10-/m0/s1. The van der Waals surface area contributed by atoms with E-state index in [0.717, 1.165) is 12.5 Å². The van der Waals surface area contributed by atoms with Gasteiger partial charge < -0.3 is 21.3 Å². The zero-order chi connectivity index (χ0) is 16.0. The maximum absolute atomic E-state index is 12.0. The molecule has 1 aromatic rings. The molecule has 1 rings (SSSR count). The van der Waals surface area contributed by atoms with Crippen LogP contribution in [0.25, 0.3) is 0 Å². The number of hydrogen-bond donors (Lipinski definition) is 4. The molecule has 1 atom stereocenters. The summed E-state index contributed by atoms with van der Waals surface area (Å²) in [7, 11) is 0. The van der Waals surface area contributed by atoms with Gasteiger partial charge in [0.25, 0.3) is 0 Å². The van der Waals surface area contributed by atoms with Crippen molar-refractivity contribution in [2.75, 3.05) is 11.9 Å². The molecular weight excluding hydrogens is 272 g/mol. The number of anilines is 1. The van der Waals surface area contributed by atoms with E-state index in [9.17, 15) is 14.7 Å². The SMILES string of the molecule is CC(C)C[C@H](CN)CC(=O)Nc1ccc(O)cc1C(=O)O. The van der Waals surface area contributed by atoms with E-state index in [1.54, 1.807) is 0 Å². The fourth-order valence-electron chi connectivity index (χ4n) is 2.21. The van der Waals surface area contributed by atoms with E-state index >= 15 is 0 Å². The summed E-state index contributed by atoms with van der Waals surface area (Å²) in [6.45, 7) is 4.53. The fraction of sp³-hybridized carbons (Fsp3) is 0.467. The van der Waals surface area contributed by atoms with E-state index in [2.05, 4.69) is 19.2 Å². The van der Waals surface area contributed by atoms with Crippen molar-refractivity contribution in [3.8, 4) is 5.75 Å². The second kappa shape index (κ2) is 7.64. The number of nitrogens with two attached hydrogens (primary N) is 1. The van der Waals surface area contributed by atoms with Crippen molar-refractivity contribution in [2.24, 2.45) is 17.6 Å². The zero-order valence-corrected chi connectivity index (χ0v) is 12.3. The van der Waals surface area contributed by atoms with Crippen LogP contribution in [0.15, 0.2) is 18.2 Å². The molecule has 0 spiro atoms. The number of aromatic hydroxyl groups is 1. The summed E-state index contributed by atoms with van der Waals surface area (Å²) < 4.78 is 0. The molecule has 0 heterocycles. The predicted octanol–water partition coefficient (Wildman–Crippen LogP) is 2.04. The largest absolute Gasteiger partial charge is 0.508 e. The summed E-state index contributed by atoms with van der Waals surface area (Å²) >= 11 is 0. The average Bonchev–Trinajstić information content (AvgIpc) is 2.39. The first-order valence-corrected chi connectivity index (χ1v) is 6.89. The third-order valence-electron chi connectivity index (χ3n) is 3.12. The first kappa shape index (κ1) is 17.0. The van der Waals surface area contributed by atoms with Crippen LogP contribution in [0, 0.1) is 11.8 Å². The second-order valence-corrected chi connectivity index (χ2v) is 5.52. The van der Waals surface area contributed by atoms with Gasteiger partial charge in [-0.05, 0) is 43.0 Å². The second-order valence-electron chi connectivity index (χ2n) is 5.52. The molecule has 0 radical (unpaired) electrons. The molecule has 6 nitrogen and oxygen atoms in total. The van der Waals surface area contributed by atoms with Crippen LogP contribution in [0.2, 0.25) is 0 Å². The molecule has 0 aliphatic rings. The zero-order valence-electron chi connectivity index (χ0n) is 12.3. The minimum Gasteiger partial charge on any atom is -0.508 e. The van der Waals surface area contributed by atoms with Gasteiger partial charge in [0.15, 0.2) is 0 Å². The van der Waals surface area contributed by atoms with Crippen molar-refractivity contribution < 1.29 is 19.8 Å². The van der Waals surface area contributed by atoms with Crippen molar-refractivity contribution >= 4 is 17.6 Å². The molecule has 0 bridgehead atoms. The molecule has 0 aromatic heterocycles. The highest BCUT2D eigenvalue weighted by molar-refractivity contribution is 6.00. The molecule has 0 fully saturated rings. The van der Waals surface area contributed by atoms with E-state index in [-0.39, 0.29) is 35.2 Å². The lowest BCUT2D eigenvalue weighted by molar-refractivity contribution is -0.117. The number of carboxylic acid groups (broad SMARTS) is 1. The van der Waals surface area contributed by atoms with Crippen LogP contribution >= 0.6 is 0 Å². The molecular formula is C15H22N2O4. The Morgan fingerprint density at radius 1 is 1.33 bits per heavy atom. The Morgan fingerprint density at radius 2 is 2.00 bits per heavy atom. The molecule has 21 heavy (non-hydrogen) atoms. The number of amides is 1. The van der Waals surface area contributed by atoms with Gasteiger partial charge in [-0.3, -0.25) is 4.79 Å². The number of nitrogens with one attached hydrogen (secondary N) is 1. The van der Waals surface area contributed by atoms with Gasteiger partial charge in [-0.25, -0.2) is 4.79 Å². The van der Waals surface area contributed by atoms with Crippen LogP contribution in [-0.4, -0.2) is 28.6 Å². The summed E-state index contributed by atoms with van der Waals surface area (Å²) in [6.07, 6.45) is 1.08. The van der Waals surface area contributed by atoms with Crippen molar-refractivity contribution in [1.82, 2.24) is 0 Å². The molecule has 0 aliphatic carbocycles. The third-order valence-corrected chi connectivity index (χ3v) is 3.12. The number of carboxylic acids is 1. The smallest absolute Gasteiger partial charge is 0.337 e. The molecule has 0 unspecified atom stereocenters. The summed E-state index contributed by atoms with van der Waals surface area (Å²) in [6, 6.07) is 3.81. The Labute approximate surface area is 124 Å². The van der Waals surface area contributed by atoms with E-state index in [1.807, 2.05) is 0 Å². The molecule has 0 saturated carbocycles. The maximum atomic E-state index is 12.0. The monoisotopic (exact) mass is 294 g/mol. The summed E-state index contributed by atoms with van der Waals surface area (Å²) in [4.78, 5) is 23.1. The lowest BCUT2D eigenvalue weighted by atomic mass is 9.94. The van der Waals surface area contributed by atoms with Crippen LogP contribution in [0.3, 0.4) is 0 Å². The quantitative estimate of drug-likeness (QED) is 0.575. The summed E-state index contributed by atoms with van der Waals surface area (Å²) in [5.74, 6) is -1.15. The Balaban J connectivity index is 2.77. The van der Waals surface area contributed by atoms with E-state index in [4.69, 9.17) is 10.8 Å². The molecule has 0 aliphatic heterocycles. The van der Waals surface area contributed by atoms with E-state index in [1.165, 1.54) is 12.1 Å². The number of phenolic OH excluding ortho intramolecular Hbond substituents is 1. The number of phenols is 1. The minimum absolute atomic E-state index is 0.0652. The molecule has 6 heteroatoms. The number of carbonyl (C=O) groups is 2. The van der Waals surface area contributed by atoms with Gasteiger partial charge in [-0.15, -0.1) is 0 Å². The highest BCUT2D eigenvalue weighted by Gasteiger charge is 2.17. The first-order chi connectivity index (χ1) is 9.83. The summed E-state index contributed by atoms with van der Waals surface area (Å²) in [5.41, 5.74) is 5.68. The average molecular weight is 294 g/mol. The van der Waals surface area contributed by atoms with Crippen LogP contribution in [0.1, 0.15) is 37.0 Å². The van der Waals surface area contributed by atoms with Gasteiger partial charge in [0.05, 0.1) is 11.3 Å². The third kappa shape index (κ3) is 5.43. The molecule has 5 N–H and O–H groups in total. The minimum atomic E-state index is -1.21. The molecule has 1 aromatic carbocycles. The predicted molar refractivity (Wildman–Crippen MR) is 80.3 cm³/mol. The van der Waals surface area contributed by atoms with E-state index < -0.39 is 5.97 Å². The fourth-order valence-corrected chi connectivity index (χ4v) is 2.21. The lowest BCUT2D eigenvalue weighted by Gasteiger charge is -2.17. The molecule has 0 saturated heterocycles.